The largest absolute Gasteiger partial charge is 0.463 e. The molecule has 0 bridgehead atoms. The molecule has 0 radical (unpaired) electrons. The average Bonchev–Trinajstić information content (AvgIpc) is 2.24. The first-order chi connectivity index (χ1) is 8.14. The SMILES string of the molecule is CN1CCOC(CNC(=O)C(F)(F)C(F)(F)F)C1. The molecular formula is C9H13F5N2O2. The predicted molar refractivity (Wildman–Crippen MR) is 51.2 cm³/mol. The number of alkyl halides is 5. The van der Waals surface area contributed by atoms with Gasteiger partial charge in [0.2, 0.25) is 0 Å². The molecule has 1 amide bonds. The number of morpholine rings is 1. The summed E-state index contributed by atoms with van der Waals surface area (Å²) in [7, 11) is 1.75. The van der Waals surface area contributed by atoms with E-state index in [2.05, 4.69) is 0 Å². The summed E-state index contributed by atoms with van der Waals surface area (Å²) in [5, 5.41) is 1.56. The first kappa shape index (κ1) is 15.1. The van der Waals surface area contributed by atoms with Gasteiger partial charge in [-0.15, -0.1) is 0 Å². The average molecular weight is 276 g/mol. The molecule has 9 heteroatoms. The van der Waals surface area contributed by atoms with Crippen molar-refractivity contribution in [2.75, 3.05) is 33.3 Å². The molecule has 1 unspecified atom stereocenters. The molecule has 1 aliphatic rings. The van der Waals surface area contributed by atoms with Gasteiger partial charge in [0.15, 0.2) is 0 Å². The van der Waals surface area contributed by atoms with Gasteiger partial charge in [-0.05, 0) is 7.05 Å². The zero-order chi connectivity index (χ0) is 14.0. The second-order valence-electron chi connectivity index (χ2n) is 4.04. The Morgan fingerprint density at radius 3 is 2.50 bits per heavy atom. The number of amides is 1. The van der Waals surface area contributed by atoms with Crippen LogP contribution in [0.4, 0.5) is 22.0 Å². The van der Waals surface area contributed by atoms with Crippen LogP contribution < -0.4 is 5.32 Å². The Hall–Kier alpha value is -0.960. The van der Waals surface area contributed by atoms with Crippen molar-refractivity contribution in [2.45, 2.75) is 18.2 Å². The van der Waals surface area contributed by atoms with Crippen molar-refractivity contribution in [3.05, 3.63) is 0 Å². The molecule has 106 valence electrons. The number of ether oxygens (including phenoxy) is 1. The monoisotopic (exact) mass is 276 g/mol. The van der Waals surface area contributed by atoms with Gasteiger partial charge >= 0.3 is 12.1 Å². The van der Waals surface area contributed by atoms with Gasteiger partial charge in [0, 0.05) is 19.6 Å². The van der Waals surface area contributed by atoms with Crippen molar-refractivity contribution in [3.63, 3.8) is 0 Å². The number of hydrogen-bond donors (Lipinski definition) is 1. The van der Waals surface area contributed by atoms with E-state index in [0.29, 0.717) is 19.7 Å². The molecule has 1 aliphatic heterocycles. The van der Waals surface area contributed by atoms with Crippen LogP contribution in [-0.4, -0.2) is 62.3 Å². The first-order valence-electron chi connectivity index (χ1n) is 5.17. The molecule has 0 saturated carbocycles. The summed E-state index contributed by atoms with van der Waals surface area (Å²) < 4.78 is 65.8. The zero-order valence-electron chi connectivity index (χ0n) is 9.56. The fourth-order valence-electron chi connectivity index (χ4n) is 1.44. The summed E-state index contributed by atoms with van der Waals surface area (Å²) in [6.07, 6.45) is -6.47. The van der Waals surface area contributed by atoms with Gasteiger partial charge in [0.25, 0.3) is 5.91 Å². The fraction of sp³-hybridized carbons (Fsp3) is 0.889. The topological polar surface area (TPSA) is 41.6 Å². The highest BCUT2D eigenvalue weighted by atomic mass is 19.4. The molecule has 0 aromatic heterocycles. The quantitative estimate of drug-likeness (QED) is 0.769. The second kappa shape index (κ2) is 5.35. The van der Waals surface area contributed by atoms with Crippen LogP contribution in [0.25, 0.3) is 0 Å². The Morgan fingerprint density at radius 1 is 1.39 bits per heavy atom. The van der Waals surface area contributed by atoms with Gasteiger partial charge in [-0.25, -0.2) is 0 Å². The normalized spacial score (nSPS) is 22.9. The van der Waals surface area contributed by atoms with Gasteiger partial charge in [-0.3, -0.25) is 4.79 Å². The molecule has 1 atom stereocenters. The third-order valence-electron chi connectivity index (χ3n) is 2.47. The molecule has 1 fully saturated rings. The maximum Gasteiger partial charge on any atom is 0.463 e. The maximum atomic E-state index is 12.6. The van der Waals surface area contributed by atoms with Gasteiger partial charge in [0.1, 0.15) is 0 Å². The Balaban J connectivity index is 2.46. The van der Waals surface area contributed by atoms with Crippen LogP contribution in [0.2, 0.25) is 0 Å². The number of hydrogen-bond acceptors (Lipinski definition) is 3. The number of halogens is 5. The third-order valence-corrected chi connectivity index (χ3v) is 2.47. The molecule has 1 rings (SSSR count). The van der Waals surface area contributed by atoms with Gasteiger partial charge in [-0.2, -0.15) is 22.0 Å². The van der Waals surface area contributed by atoms with Crippen LogP contribution >= 0.6 is 0 Å². The molecule has 1 heterocycles. The van der Waals surface area contributed by atoms with Crippen LogP contribution in [-0.2, 0) is 9.53 Å². The molecule has 0 aliphatic carbocycles. The van der Waals surface area contributed by atoms with Crippen molar-refractivity contribution >= 4 is 5.91 Å². The fourth-order valence-corrected chi connectivity index (χ4v) is 1.44. The van der Waals surface area contributed by atoms with E-state index in [1.807, 2.05) is 4.90 Å². The molecule has 18 heavy (non-hydrogen) atoms. The van der Waals surface area contributed by atoms with Crippen LogP contribution in [0.1, 0.15) is 0 Å². The highest BCUT2D eigenvalue weighted by Gasteiger charge is 2.63. The van der Waals surface area contributed by atoms with E-state index < -0.39 is 24.1 Å². The number of nitrogens with zero attached hydrogens (tertiary/aromatic N) is 1. The molecular weight excluding hydrogens is 263 g/mol. The van der Waals surface area contributed by atoms with Crippen molar-refractivity contribution in [2.24, 2.45) is 0 Å². The Morgan fingerprint density at radius 2 is 2.00 bits per heavy atom. The van der Waals surface area contributed by atoms with Crippen molar-refractivity contribution in [3.8, 4) is 0 Å². The minimum absolute atomic E-state index is 0.340. The maximum absolute atomic E-state index is 12.6. The number of carbonyl (C=O) groups is 1. The molecule has 0 aromatic rings. The summed E-state index contributed by atoms with van der Waals surface area (Å²) in [6, 6.07) is 0. The van der Waals surface area contributed by atoms with Crippen LogP contribution in [0.15, 0.2) is 0 Å². The number of nitrogens with one attached hydrogen (secondary N) is 1. The molecule has 1 saturated heterocycles. The lowest BCUT2D eigenvalue weighted by Crippen LogP contribution is -2.53. The van der Waals surface area contributed by atoms with Crippen LogP contribution in [0.3, 0.4) is 0 Å². The summed E-state index contributed by atoms with van der Waals surface area (Å²) in [5.41, 5.74) is 0. The Labute approximate surface area is 100 Å². The van der Waals surface area contributed by atoms with E-state index in [0.717, 1.165) is 0 Å². The van der Waals surface area contributed by atoms with E-state index >= 15 is 0 Å². The molecule has 1 N–H and O–H groups in total. The van der Waals surface area contributed by atoms with Gasteiger partial charge < -0.3 is 15.0 Å². The molecule has 0 spiro atoms. The standard InChI is InChI=1S/C9H13F5N2O2/c1-16-2-3-18-6(5-16)4-15-7(17)8(10,11)9(12,13)14/h6H,2-5H2,1H3,(H,15,17). The zero-order valence-corrected chi connectivity index (χ0v) is 9.56. The van der Waals surface area contributed by atoms with Crippen molar-refractivity contribution in [1.29, 1.82) is 0 Å². The molecule has 0 aromatic carbocycles. The van der Waals surface area contributed by atoms with E-state index in [-0.39, 0.29) is 6.54 Å². The Kier molecular flexibility index (Phi) is 4.49. The smallest absolute Gasteiger partial charge is 0.374 e. The lowest BCUT2D eigenvalue weighted by Gasteiger charge is -2.30. The predicted octanol–water partition coefficient (Wildman–Crippen LogP) is 0.631. The van der Waals surface area contributed by atoms with E-state index in [9.17, 15) is 26.7 Å². The van der Waals surface area contributed by atoms with Crippen molar-refractivity contribution < 1.29 is 31.5 Å². The van der Waals surface area contributed by atoms with E-state index in [1.54, 1.807) is 12.4 Å². The van der Waals surface area contributed by atoms with Crippen LogP contribution in [0.5, 0.6) is 0 Å². The summed E-state index contributed by atoms with van der Waals surface area (Å²) >= 11 is 0. The van der Waals surface area contributed by atoms with Gasteiger partial charge in [-0.1, -0.05) is 0 Å². The molecule has 4 nitrogen and oxygen atoms in total. The summed E-state index contributed by atoms with van der Waals surface area (Å²) in [6.45, 7) is 0.961. The highest BCUT2D eigenvalue weighted by Crippen LogP contribution is 2.35. The minimum atomic E-state index is -5.89. The van der Waals surface area contributed by atoms with Gasteiger partial charge in [0.05, 0.1) is 12.7 Å². The van der Waals surface area contributed by atoms with E-state index in [1.165, 1.54) is 0 Å². The lowest BCUT2D eigenvalue weighted by atomic mass is 10.2. The number of rotatable bonds is 3. The third kappa shape index (κ3) is 3.52. The number of likely N-dealkylation sites (N-methyl/N-ethyl adjacent to an activating group) is 1. The lowest BCUT2D eigenvalue weighted by molar-refractivity contribution is -0.269. The number of carbonyl (C=O) groups excluding carboxylic acids is 1. The highest BCUT2D eigenvalue weighted by molar-refractivity contribution is 5.84. The minimum Gasteiger partial charge on any atom is -0.374 e. The second-order valence-corrected chi connectivity index (χ2v) is 4.04. The summed E-state index contributed by atoms with van der Waals surface area (Å²) in [5.74, 6) is -7.74. The van der Waals surface area contributed by atoms with Crippen molar-refractivity contribution in [1.82, 2.24) is 10.2 Å². The first-order valence-corrected chi connectivity index (χ1v) is 5.17. The summed E-state index contributed by atoms with van der Waals surface area (Å²) in [4.78, 5) is 12.6. The Bertz CT molecular complexity index is 308. The van der Waals surface area contributed by atoms with Crippen LogP contribution in [0, 0.1) is 0 Å². The van der Waals surface area contributed by atoms with E-state index in [4.69, 9.17) is 4.74 Å².